The van der Waals surface area contributed by atoms with Crippen molar-refractivity contribution in [3.05, 3.63) is 48.0 Å². The lowest BCUT2D eigenvalue weighted by atomic mass is 9.90. The first kappa shape index (κ1) is 17.9. The summed E-state index contributed by atoms with van der Waals surface area (Å²) in [6, 6.07) is 3.65. The van der Waals surface area contributed by atoms with E-state index in [0.717, 1.165) is 18.2 Å². The first-order chi connectivity index (χ1) is 11.3. The molecule has 0 saturated heterocycles. The summed E-state index contributed by atoms with van der Waals surface area (Å²) in [6.07, 6.45) is -2.25. The van der Waals surface area contributed by atoms with Crippen LogP contribution < -0.4 is 0 Å². The molecule has 1 fully saturated rings. The van der Waals surface area contributed by atoms with Crippen LogP contribution in [0.5, 0.6) is 0 Å². The fraction of sp³-hybridized carbons (Fsp3) is 0.353. The number of alkyl halides is 3. The number of ether oxygens (including phenoxy) is 1. The predicted molar refractivity (Wildman–Crippen MR) is 78.2 cm³/mol. The molecule has 0 amide bonds. The van der Waals surface area contributed by atoms with E-state index in [9.17, 15) is 27.6 Å². The zero-order chi connectivity index (χ0) is 17.9. The van der Waals surface area contributed by atoms with Gasteiger partial charge in [0.1, 0.15) is 6.61 Å². The molecule has 1 atom stereocenters. The Morgan fingerprint density at radius 3 is 2.50 bits per heavy atom. The van der Waals surface area contributed by atoms with Crippen LogP contribution >= 0.6 is 0 Å². The van der Waals surface area contributed by atoms with Crippen LogP contribution in [-0.2, 0) is 20.5 Å². The van der Waals surface area contributed by atoms with Gasteiger partial charge in [-0.05, 0) is 25.0 Å². The van der Waals surface area contributed by atoms with Crippen molar-refractivity contribution in [2.24, 2.45) is 11.8 Å². The van der Waals surface area contributed by atoms with Crippen LogP contribution in [0.25, 0.3) is 0 Å². The van der Waals surface area contributed by atoms with Crippen molar-refractivity contribution in [3.63, 3.8) is 0 Å². The molecule has 4 nitrogen and oxygen atoms in total. The number of hydrogen-bond acceptors (Lipinski definition) is 4. The van der Waals surface area contributed by atoms with Gasteiger partial charge in [-0.2, -0.15) is 13.2 Å². The lowest BCUT2D eigenvalue weighted by Crippen LogP contribution is -2.34. The Balaban J connectivity index is 2.31. The second-order valence-corrected chi connectivity index (χ2v) is 5.47. The molecule has 1 unspecified atom stereocenters. The summed E-state index contributed by atoms with van der Waals surface area (Å²) < 4.78 is 43.1. The van der Waals surface area contributed by atoms with Gasteiger partial charge in [-0.15, -0.1) is 0 Å². The molecule has 128 valence electrons. The molecule has 1 aromatic rings. The maximum Gasteiger partial charge on any atom is 0.416 e. The second-order valence-electron chi connectivity index (χ2n) is 5.47. The van der Waals surface area contributed by atoms with Crippen LogP contribution in [0.4, 0.5) is 13.2 Å². The molecule has 0 bridgehead atoms. The van der Waals surface area contributed by atoms with Crippen molar-refractivity contribution in [3.8, 4) is 0 Å². The van der Waals surface area contributed by atoms with Gasteiger partial charge in [0, 0.05) is 11.5 Å². The van der Waals surface area contributed by atoms with E-state index >= 15 is 0 Å². The van der Waals surface area contributed by atoms with Gasteiger partial charge in [0.25, 0.3) is 0 Å². The smallest absolute Gasteiger partial charge is 0.416 e. The summed E-state index contributed by atoms with van der Waals surface area (Å²) in [4.78, 5) is 36.8. The Hall–Kier alpha value is -2.44. The Bertz CT molecular complexity index is 675. The molecule has 24 heavy (non-hydrogen) atoms. The molecule has 7 heteroatoms. The lowest BCUT2D eigenvalue weighted by Gasteiger charge is -2.14. The normalized spacial score (nSPS) is 15.5. The fourth-order valence-corrected chi connectivity index (χ4v) is 2.20. The van der Waals surface area contributed by atoms with E-state index in [1.807, 2.05) is 0 Å². The first-order valence-corrected chi connectivity index (χ1v) is 7.28. The van der Waals surface area contributed by atoms with E-state index in [0.29, 0.717) is 18.9 Å². The summed E-state index contributed by atoms with van der Waals surface area (Å²) in [5.74, 6) is -4.80. The molecule has 0 N–H and O–H groups in total. The standard InChI is InChI=1S/C17H15F3O4/c1-2-8-24-16(23)13(14(21)10-6-7-10)15(22)11-4-3-5-12(9-11)17(18,19)20/h2-5,9-10,13H,1,6-8H2. The highest BCUT2D eigenvalue weighted by atomic mass is 19.4. The van der Waals surface area contributed by atoms with Gasteiger partial charge in [-0.3, -0.25) is 14.4 Å². The third-order valence-electron chi connectivity index (χ3n) is 3.58. The fourth-order valence-electron chi connectivity index (χ4n) is 2.20. The Morgan fingerprint density at radius 2 is 1.96 bits per heavy atom. The molecule has 2 rings (SSSR count). The average molecular weight is 340 g/mol. The van der Waals surface area contributed by atoms with E-state index in [-0.39, 0.29) is 12.2 Å². The van der Waals surface area contributed by atoms with E-state index in [1.54, 1.807) is 0 Å². The molecular formula is C17H15F3O4. The molecule has 1 aliphatic carbocycles. The van der Waals surface area contributed by atoms with Crippen LogP contribution in [0.3, 0.4) is 0 Å². The number of carbonyl (C=O) groups excluding carboxylic acids is 3. The number of Topliss-reactive ketones (excluding diaryl/α,β-unsaturated/α-hetero) is 2. The topological polar surface area (TPSA) is 60.4 Å². The maximum absolute atomic E-state index is 12.8. The zero-order valence-electron chi connectivity index (χ0n) is 12.6. The highest BCUT2D eigenvalue weighted by molar-refractivity contribution is 6.23. The summed E-state index contributed by atoms with van der Waals surface area (Å²) >= 11 is 0. The number of hydrogen-bond donors (Lipinski definition) is 0. The third kappa shape index (κ3) is 4.10. The SMILES string of the molecule is C=CCOC(=O)C(C(=O)c1cccc(C(F)(F)F)c1)C(=O)C1CC1. The zero-order valence-corrected chi connectivity index (χ0v) is 12.6. The number of rotatable bonds is 7. The molecule has 0 spiro atoms. The number of halogens is 3. The molecule has 1 aromatic carbocycles. The van der Waals surface area contributed by atoms with Crippen molar-refractivity contribution in [1.82, 2.24) is 0 Å². The van der Waals surface area contributed by atoms with Crippen LogP contribution in [0.1, 0.15) is 28.8 Å². The van der Waals surface area contributed by atoms with Crippen molar-refractivity contribution in [1.29, 1.82) is 0 Å². The number of carbonyl (C=O) groups is 3. The van der Waals surface area contributed by atoms with Crippen molar-refractivity contribution < 1.29 is 32.3 Å². The van der Waals surface area contributed by atoms with Gasteiger partial charge >= 0.3 is 12.1 Å². The summed E-state index contributed by atoms with van der Waals surface area (Å²) in [7, 11) is 0. The first-order valence-electron chi connectivity index (χ1n) is 7.28. The van der Waals surface area contributed by atoms with Crippen LogP contribution in [0, 0.1) is 11.8 Å². The highest BCUT2D eigenvalue weighted by Crippen LogP contribution is 2.34. The van der Waals surface area contributed by atoms with Gasteiger partial charge in [-0.1, -0.05) is 24.8 Å². The van der Waals surface area contributed by atoms with Crippen molar-refractivity contribution in [2.45, 2.75) is 19.0 Å². The van der Waals surface area contributed by atoms with Gasteiger partial charge < -0.3 is 4.74 Å². The van der Waals surface area contributed by atoms with Crippen molar-refractivity contribution >= 4 is 17.5 Å². The molecule has 1 saturated carbocycles. The lowest BCUT2D eigenvalue weighted by molar-refractivity contribution is -0.149. The number of benzene rings is 1. The molecule has 0 aliphatic heterocycles. The van der Waals surface area contributed by atoms with Crippen LogP contribution in [0.15, 0.2) is 36.9 Å². The summed E-state index contributed by atoms with van der Waals surface area (Å²) in [5.41, 5.74) is -1.37. The van der Waals surface area contributed by atoms with E-state index in [2.05, 4.69) is 6.58 Å². The molecule has 0 radical (unpaired) electrons. The van der Waals surface area contributed by atoms with E-state index < -0.39 is 41.1 Å². The maximum atomic E-state index is 12.8. The molecular weight excluding hydrogens is 325 g/mol. The predicted octanol–water partition coefficient (Wildman–Crippen LogP) is 3.21. The Morgan fingerprint density at radius 1 is 1.29 bits per heavy atom. The van der Waals surface area contributed by atoms with E-state index in [1.165, 1.54) is 6.08 Å². The van der Waals surface area contributed by atoms with E-state index in [4.69, 9.17) is 4.74 Å². The van der Waals surface area contributed by atoms with Gasteiger partial charge in [-0.25, -0.2) is 0 Å². The largest absolute Gasteiger partial charge is 0.461 e. The molecule has 1 aliphatic rings. The minimum Gasteiger partial charge on any atom is -0.461 e. The highest BCUT2D eigenvalue weighted by Gasteiger charge is 2.44. The van der Waals surface area contributed by atoms with Crippen molar-refractivity contribution in [2.75, 3.05) is 6.61 Å². The average Bonchev–Trinajstić information content (AvgIpc) is 3.37. The Kier molecular flexibility index (Phi) is 5.21. The van der Waals surface area contributed by atoms with Gasteiger partial charge in [0.15, 0.2) is 17.5 Å². The quantitative estimate of drug-likeness (QED) is 0.331. The minimum absolute atomic E-state index is 0.191. The van der Waals surface area contributed by atoms with Gasteiger partial charge in [0.05, 0.1) is 5.56 Å². The molecule has 0 aromatic heterocycles. The molecule has 0 heterocycles. The number of ketones is 2. The number of esters is 1. The van der Waals surface area contributed by atoms with Crippen LogP contribution in [0.2, 0.25) is 0 Å². The minimum atomic E-state index is -4.63. The van der Waals surface area contributed by atoms with Crippen LogP contribution in [-0.4, -0.2) is 24.1 Å². The summed E-state index contributed by atoms with van der Waals surface area (Å²) in [5, 5.41) is 0. The summed E-state index contributed by atoms with van der Waals surface area (Å²) in [6.45, 7) is 3.16. The second kappa shape index (κ2) is 6.98. The Labute approximate surface area is 136 Å². The van der Waals surface area contributed by atoms with Gasteiger partial charge in [0.2, 0.25) is 0 Å². The third-order valence-corrected chi connectivity index (χ3v) is 3.58. The monoisotopic (exact) mass is 340 g/mol.